The zero-order chi connectivity index (χ0) is 16.8. The van der Waals surface area contributed by atoms with Crippen LogP contribution in [0, 0.1) is 11.3 Å². The molecule has 2 aliphatic heterocycles. The van der Waals surface area contributed by atoms with Crippen LogP contribution in [0.2, 0.25) is 0 Å². The van der Waals surface area contributed by atoms with Crippen molar-refractivity contribution >= 4 is 16.2 Å². The summed E-state index contributed by atoms with van der Waals surface area (Å²) in [7, 11) is -0.675. The number of hydrogen-bond acceptors (Lipinski definition) is 5. The van der Waals surface area contributed by atoms with Crippen molar-refractivity contribution in [1.29, 1.82) is 0 Å². The van der Waals surface area contributed by atoms with Crippen LogP contribution in [0.1, 0.15) is 5.76 Å². The van der Waals surface area contributed by atoms with Crippen molar-refractivity contribution in [2.24, 2.45) is 11.3 Å². The van der Waals surface area contributed by atoms with Gasteiger partial charge in [0.1, 0.15) is 5.76 Å². The standard InChI is InChI=1S/C14H21N3O5S/c1-15(2)23(20,21)17-7-11-6-16(8-12-4-3-5-22-12)9-14(11,10-17)13(18)19/h3-5,11H,6-10H2,1-2H3,(H,18,19)/t11-,14-/m1/s1. The first-order valence-electron chi connectivity index (χ1n) is 7.41. The van der Waals surface area contributed by atoms with Gasteiger partial charge in [0, 0.05) is 46.2 Å². The predicted molar refractivity (Wildman–Crippen MR) is 81.7 cm³/mol. The molecule has 3 heterocycles. The van der Waals surface area contributed by atoms with E-state index in [1.54, 1.807) is 12.3 Å². The summed E-state index contributed by atoms with van der Waals surface area (Å²) >= 11 is 0. The van der Waals surface area contributed by atoms with Gasteiger partial charge >= 0.3 is 5.97 Å². The van der Waals surface area contributed by atoms with Crippen LogP contribution in [-0.2, 0) is 21.5 Å². The molecule has 8 nitrogen and oxygen atoms in total. The number of nitrogens with zero attached hydrogens (tertiary/aromatic N) is 3. The zero-order valence-corrected chi connectivity index (χ0v) is 14.0. The van der Waals surface area contributed by atoms with Crippen LogP contribution in [0.3, 0.4) is 0 Å². The molecule has 2 saturated heterocycles. The molecule has 3 rings (SSSR count). The highest BCUT2D eigenvalue weighted by atomic mass is 32.2. The van der Waals surface area contributed by atoms with Crippen LogP contribution >= 0.6 is 0 Å². The molecular weight excluding hydrogens is 322 g/mol. The van der Waals surface area contributed by atoms with Gasteiger partial charge in [0.15, 0.2) is 0 Å². The van der Waals surface area contributed by atoms with E-state index < -0.39 is 21.6 Å². The number of rotatable bonds is 5. The van der Waals surface area contributed by atoms with Gasteiger partial charge in [0.05, 0.1) is 18.2 Å². The molecule has 128 valence electrons. The van der Waals surface area contributed by atoms with Crippen molar-refractivity contribution < 1.29 is 22.7 Å². The molecule has 0 radical (unpaired) electrons. The second kappa shape index (κ2) is 5.59. The van der Waals surface area contributed by atoms with E-state index in [0.29, 0.717) is 19.6 Å². The highest BCUT2D eigenvalue weighted by molar-refractivity contribution is 7.86. The van der Waals surface area contributed by atoms with E-state index >= 15 is 0 Å². The molecule has 9 heteroatoms. The number of aliphatic carboxylic acids is 1. The lowest BCUT2D eigenvalue weighted by Gasteiger charge is -2.26. The average Bonchev–Trinajstić information content (AvgIpc) is 3.12. The Bertz CT molecular complexity index is 687. The monoisotopic (exact) mass is 343 g/mol. The second-order valence-corrected chi connectivity index (χ2v) is 8.63. The molecule has 0 amide bonds. The van der Waals surface area contributed by atoms with E-state index in [2.05, 4.69) is 0 Å². The van der Waals surface area contributed by atoms with Gasteiger partial charge in [-0.3, -0.25) is 9.69 Å². The van der Waals surface area contributed by atoms with Crippen molar-refractivity contribution in [3.63, 3.8) is 0 Å². The van der Waals surface area contributed by atoms with Crippen LogP contribution in [0.5, 0.6) is 0 Å². The fraction of sp³-hybridized carbons (Fsp3) is 0.643. The quantitative estimate of drug-likeness (QED) is 0.803. The third-order valence-corrected chi connectivity index (χ3v) is 6.68. The minimum absolute atomic E-state index is 0.0160. The lowest BCUT2D eigenvalue weighted by atomic mass is 9.81. The number of carboxylic acids is 1. The maximum absolute atomic E-state index is 12.3. The summed E-state index contributed by atoms with van der Waals surface area (Å²) in [6.45, 7) is 1.67. The lowest BCUT2D eigenvalue weighted by molar-refractivity contribution is -0.148. The normalized spacial score (nSPS) is 29.3. The zero-order valence-electron chi connectivity index (χ0n) is 13.2. The Balaban J connectivity index is 1.79. The number of carbonyl (C=O) groups is 1. The maximum Gasteiger partial charge on any atom is 0.312 e. The van der Waals surface area contributed by atoms with Crippen LogP contribution in [0.25, 0.3) is 0 Å². The molecule has 1 aromatic heterocycles. The molecule has 0 unspecified atom stereocenters. The van der Waals surface area contributed by atoms with Crippen LogP contribution in [-0.4, -0.2) is 73.3 Å². The minimum Gasteiger partial charge on any atom is -0.481 e. The molecule has 0 spiro atoms. The van der Waals surface area contributed by atoms with E-state index in [0.717, 1.165) is 10.1 Å². The summed E-state index contributed by atoms with van der Waals surface area (Å²) in [5, 5.41) is 9.75. The number of likely N-dealkylation sites (tertiary alicyclic amines) is 1. The number of fused-ring (bicyclic) bond motifs is 1. The Morgan fingerprint density at radius 1 is 1.43 bits per heavy atom. The largest absolute Gasteiger partial charge is 0.481 e. The second-order valence-electron chi connectivity index (χ2n) is 6.49. The fourth-order valence-corrected chi connectivity index (χ4v) is 4.80. The van der Waals surface area contributed by atoms with E-state index in [1.807, 2.05) is 11.0 Å². The Labute approximate surface area is 135 Å². The van der Waals surface area contributed by atoms with Crippen molar-refractivity contribution in [2.75, 3.05) is 40.3 Å². The molecule has 1 aromatic rings. The minimum atomic E-state index is -3.59. The lowest BCUT2D eigenvalue weighted by Crippen LogP contribution is -2.44. The van der Waals surface area contributed by atoms with Gasteiger partial charge in [-0.15, -0.1) is 0 Å². The first kappa shape index (κ1) is 16.4. The Hall–Kier alpha value is -1.42. The SMILES string of the molecule is CN(C)S(=O)(=O)N1C[C@H]2CN(Cc3ccco3)C[C@@]2(C(=O)O)C1. The van der Waals surface area contributed by atoms with Gasteiger partial charge in [-0.1, -0.05) is 0 Å². The predicted octanol–water partition coefficient (Wildman–Crippen LogP) is -0.0956. The van der Waals surface area contributed by atoms with E-state index in [1.165, 1.54) is 18.4 Å². The number of hydrogen-bond donors (Lipinski definition) is 1. The van der Waals surface area contributed by atoms with Crippen LogP contribution in [0.15, 0.2) is 22.8 Å². The third kappa shape index (κ3) is 2.67. The first-order valence-corrected chi connectivity index (χ1v) is 8.81. The van der Waals surface area contributed by atoms with Crippen LogP contribution in [0.4, 0.5) is 0 Å². The smallest absolute Gasteiger partial charge is 0.312 e. The molecule has 0 bridgehead atoms. The average molecular weight is 343 g/mol. The highest BCUT2D eigenvalue weighted by Gasteiger charge is 2.59. The Morgan fingerprint density at radius 3 is 2.70 bits per heavy atom. The summed E-state index contributed by atoms with van der Waals surface area (Å²) < 4.78 is 32.3. The summed E-state index contributed by atoms with van der Waals surface area (Å²) in [4.78, 5) is 13.9. The molecule has 2 fully saturated rings. The molecule has 2 atom stereocenters. The summed E-state index contributed by atoms with van der Waals surface area (Å²) in [5.41, 5.74) is -1.05. The van der Waals surface area contributed by atoms with Gasteiger partial charge in [0.25, 0.3) is 10.2 Å². The third-order valence-electron chi connectivity index (χ3n) is 4.82. The fourth-order valence-electron chi connectivity index (χ4n) is 3.58. The van der Waals surface area contributed by atoms with Gasteiger partial charge < -0.3 is 9.52 Å². The van der Waals surface area contributed by atoms with Crippen molar-refractivity contribution in [3.05, 3.63) is 24.2 Å². The van der Waals surface area contributed by atoms with Crippen LogP contribution < -0.4 is 0 Å². The van der Waals surface area contributed by atoms with Gasteiger partial charge in [-0.05, 0) is 12.1 Å². The summed E-state index contributed by atoms with van der Waals surface area (Å²) in [6.07, 6.45) is 1.59. The molecular formula is C14H21N3O5S. The Morgan fingerprint density at radius 2 is 2.17 bits per heavy atom. The topological polar surface area (TPSA) is 94.3 Å². The molecule has 23 heavy (non-hydrogen) atoms. The van der Waals surface area contributed by atoms with Gasteiger partial charge in [-0.2, -0.15) is 17.0 Å². The number of furan rings is 1. The van der Waals surface area contributed by atoms with Gasteiger partial charge in [0.2, 0.25) is 0 Å². The molecule has 1 N–H and O–H groups in total. The van der Waals surface area contributed by atoms with Crippen molar-refractivity contribution in [3.8, 4) is 0 Å². The summed E-state index contributed by atoms with van der Waals surface area (Å²) in [5.74, 6) is -0.367. The highest BCUT2D eigenvalue weighted by Crippen LogP contribution is 2.44. The van der Waals surface area contributed by atoms with E-state index in [-0.39, 0.29) is 19.0 Å². The maximum atomic E-state index is 12.3. The van der Waals surface area contributed by atoms with E-state index in [4.69, 9.17) is 4.42 Å². The molecule has 0 aliphatic carbocycles. The van der Waals surface area contributed by atoms with Gasteiger partial charge in [-0.25, -0.2) is 0 Å². The van der Waals surface area contributed by atoms with Crippen molar-refractivity contribution in [1.82, 2.24) is 13.5 Å². The van der Waals surface area contributed by atoms with E-state index in [9.17, 15) is 18.3 Å². The Kier molecular flexibility index (Phi) is 3.99. The first-order chi connectivity index (χ1) is 10.8. The molecule has 2 aliphatic rings. The molecule has 0 aromatic carbocycles. The summed E-state index contributed by atoms with van der Waals surface area (Å²) in [6, 6.07) is 3.65. The molecule has 0 saturated carbocycles. The van der Waals surface area contributed by atoms with Crippen molar-refractivity contribution in [2.45, 2.75) is 6.54 Å². The number of carboxylic acid groups (broad SMARTS) is 1.